The summed E-state index contributed by atoms with van der Waals surface area (Å²) >= 11 is 6.02. The Labute approximate surface area is 127 Å². The number of para-hydroxylation sites is 1. The number of carboxylic acid groups (broad SMARTS) is 1. The van der Waals surface area contributed by atoms with Gasteiger partial charge in [-0.05, 0) is 24.3 Å². The molecule has 0 saturated carbocycles. The summed E-state index contributed by atoms with van der Waals surface area (Å²) in [5, 5.41) is 10.2. The summed E-state index contributed by atoms with van der Waals surface area (Å²) in [6, 6.07) is 12.4. The molecule has 0 radical (unpaired) electrons. The number of fused-ring (bicyclic) bond motifs is 2. The molecule has 5 heteroatoms. The van der Waals surface area contributed by atoms with Crippen molar-refractivity contribution in [1.82, 2.24) is 0 Å². The van der Waals surface area contributed by atoms with Crippen molar-refractivity contribution in [3.05, 3.63) is 58.6 Å². The standard InChI is InChI=1S/C16H14ClNO3/c17-9-5-6-14-11(7-9)15(16(19)20)12(8-18)10-3-1-2-4-13(10)21-14/h1-7,12,15H,8,18H2,(H,19,20)/t12-,15?/m1/s1. The van der Waals surface area contributed by atoms with E-state index in [2.05, 4.69) is 0 Å². The van der Waals surface area contributed by atoms with Crippen LogP contribution in [0.1, 0.15) is 23.0 Å². The third-order valence-electron chi connectivity index (χ3n) is 3.77. The van der Waals surface area contributed by atoms with Crippen LogP contribution >= 0.6 is 11.6 Å². The molecule has 0 amide bonds. The van der Waals surface area contributed by atoms with Crippen LogP contribution in [0.15, 0.2) is 42.5 Å². The van der Waals surface area contributed by atoms with Gasteiger partial charge in [0.05, 0.1) is 5.92 Å². The Morgan fingerprint density at radius 3 is 2.62 bits per heavy atom. The summed E-state index contributed by atoms with van der Waals surface area (Å²) in [5.41, 5.74) is 7.22. The minimum atomic E-state index is -0.936. The van der Waals surface area contributed by atoms with Crippen LogP contribution in [0.2, 0.25) is 5.02 Å². The van der Waals surface area contributed by atoms with Gasteiger partial charge in [0.1, 0.15) is 11.5 Å². The molecule has 0 saturated heterocycles. The Morgan fingerprint density at radius 1 is 1.19 bits per heavy atom. The molecule has 1 unspecified atom stereocenters. The zero-order valence-electron chi connectivity index (χ0n) is 11.1. The third-order valence-corrected chi connectivity index (χ3v) is 4.00. The Hall–Kier alpha value is -2.04. The van der Waals surface area contributed by atoms with Gasteiger partial charge in [-0.3, -0.25) is 4.79 Å². The molecule has 3 N–H and O–H groups in total. The van der Waals surface area contributed by atoms with Gasteiger partial charge in [-0.25, -0.2) is 0 Å². The molecule has 2 aromatic carbocycles. The van der Waals surface area contributed by atoms with Crippen molar-refractivity contribution in [1.29, 1.82) is 0 Å². The molecule has 4 nitrogen and oxygen atoms in total. The molecule has 2 aromatic rings. The Balaban J connectivity index is 2.27. The minimum Gasteiger partial charge on any atom is -0.481 e. The van der Waals surface area contributed by atoms with E-state index in [1.54, 1.807) is 18.2 Å². The summed E-state index contributed by atoms with van der Waals surface area (Å²) in [6.07, 6.45) is 0. The normalized spacial score (nSPS) is 19.9. The molecule has 0 bridgehead atoms. The van der Waals surface area contributed by atoms with Crippen LogP contribution in [-0.2, 0) is 4.79 Å². The molecule has 0 spiro atoms. The highest BCUT2D eigenvalue weighted by molar-refractivity contribution is 6.30. The van der Waals surface area contributed by atoms with E-state index in [0.29, 0.717) is 22.1 Å². The van der Waals surface area contributed by atoms with E-state index in [9.17, 15) is 9.90 Å². The van der Waals surface area contributed by atoms with Crippen LogP contribution in [0.25, 0.3) is 0 Å². The van der Waals surface area contributed by atoms with Crippen LogP contribution in [0, 0.1) is 0 Å². The molecule has 1 aliphatic heterocycles. The highest BCUT2D eigenvalue weighted by atomic mass is 35.5. The monoisotopic (exact) mass is 303 g/mol. The van der Waals surface area contributed by atoms with Crippen LogP contribution in [0.5, 0.6) is 11.5 Å². The Bertz CT molecular complexity index is 702. The lowest BCUT2D eigenvalue weighted by molar-refractivity contribution is -0.139. The fourth-order valence-corrected chi connectivity index (χ4v) is 3.00. The van der Waals surface area contributed by atoms with Crippen molar-refractivity contribution in [3.8, 4) is 11.5 Å². The van der Waals surface area contributed by atoms with Gasteiger partial charge in [0.15, 0.2) is 0 Å². The molecule has 2 atom stereocenters. The van der Waals surface area contributed by atoms with Gasteiger partial charge in [-0.15, -0.1) is 0 Å². The number of carbonyl (C=O) groups is 1. The first-order valence-electron chi connectivity index (χ1n) is 6.61. The lowest BCUT2D eigenvalue weighted by Crippen LogP contribution is -2.25. The van der Waals surface area contributed by atoms with E-state index < -0.39 is 11.9 Å². The average Bonchev–Trinajstić information content (AvgIpc) is 2.60. The van der Waals surface area contributed by atoms with Crippen LogP contribution < -0.4 is 10.5 Å². The van der Waals surface area contributed by atoms with Crippen molar-refractivity contribution in [2.24, 2.45) is 5.73 Å². The number of benzene rings is 2. The zero-order chi connectivity index (χ0) is 15.0. The van der Waals surface area contributed by atoms with Crippen molar-refractivity contribution in [3.63, 3.8) is 0 Å². The van der Waals surface area contributed by atoms with Crippen molar-refractivity contribution in [2.75, 3.05) is 6.54 Å². The van der Waals surface area contributed by atoms with Gasteiger partial charge < -0.3 is 15.6 Å². The predicted octanol–water partition coefficient (Wildman–Crippen LogP) is 3.36. The van der Waals surface area contributed by atoms with E-state index in [0.717, 1.165) is 5.56 Å². The average molecular weight is 304 g/mol. The second-order valence-corrected chi connectivity index (χ2v) is 5.42. The number of halogens is 1. The number of aliphatic carboxylic acids is 1. The van der Waals surface area contributed by atoms with Gasteiger partial charge >= 0.3 is 5.97 Å². The first-order valence-corrected chi connectivity index (χ1v) is 6.98. The predicted molar refractivity (Wildman–Crippen MR) is 80.1 cm³/mol. The molecular weight excluding hydrogens is 290 g/mol. The first kappa shape index (κ1) is 13.9. The smallest absolute Gasteiger partial charge is 0.311 e. The quantitative estimate of drug-likeness (QED) is 0.892. The molecule has 1 aliphatic rings. The number of hydrogen-bond donors (Lipinski definition) is 2. The minimum absolute atomic E-state index is 0.212. The molecule has 3 rings (SSSR count). The highest BCUT2D eigenvalue weighted by Crippen LogP contribution is 2.46. The maximum Gasteiger partial charge on any atom is 0.311 e. The summed E-state index contributed by atoms with van der Waals surface area (Å²) in [5.74, 6) is -0.935. The van der Waals surface area contributed by atoms with E-state index >= 15 is 0 Å². The molecular formula is C16H14ClNO3. The first-order chi connectivity index (χ1) is 10.1. The molecule has 0 fully saturated rings. The summed E-state index contributed by atoms with van der Waals surface area (Å²) in [4.78, 5) is 11.8. The number of ether oxygens (including phenoxy) is 1. The molecule has 1 heterocycles. The van der Waals surface area contributed by atoms with Gasteiger partial charge in [0.25, 0.3) is 0 Å². The van der Waals surface area contributed by atoms with Crippen LogP contribution in [0.4, 0.5) is 0 Å². The van der Waals surface area contributed by atoms with E-state index in [1.165, 1.54) is 0 Å². The van der Waals surface area contributed by atoms with Gasteiger partial charge in [-0.1, -0.05) is 29.8 Å². The number of carboxylic acids is 1. The fraction of sp³-hybridized carbons (Fsp3) is 0.188. The van der Waals surface area contributed by atoms with E-state index in [1.807, 2.05) is 24.3 Å². The van der Waals surface area contributed by atoms with Crippen LogP contribution in [-0.4, -0.2) is 17.6 Å². The molecule has 21 heavy (non-hydrogen) atoms. The van der Waals surface area contributed by atoms with Gasteiger partial charge in [-0.2, -0.15) is 0 Å². The summed E-state index contributed by atoms with van der Waals surface area (Å²) in [6.45, 7) is 0.212. The van der Waals surface area contributed by atoms with Gasteiger partial charge in [0, 0.05) is 28.6 Å². The van der Waals surface area contributed by atoms with Crippen molar-refractivity contribution >= 4 is 17.6 Å². The fourth-order valence-electron chi connectivity index (χ4n) is 2.82. The largest absolute Gasteiger partial charge is 0.481 e. The summed E-state index contributed by atoms with van der Waals surface area (Å²) in [7, 11) is 0. The lowest BCUT2D eigenvalue weighted by Gasteiger charge is -2.21. The van der Waals surface area contributed by atoms with Crippen molar-refractivity contribution < 1.29 is 14.6 Å². The maximum absolute atomic E-state index is 11.8. The van der Waals surface area contributed by atoms with E-state index in [4.69, 9.17) is 22.1 Å². The molecule has 0 aromatic heterocycles. The van der Waals surface area contributed by atoms with Crippen molar-refractivity contribution in [2.45, 2.75) is 11.8 Å². The Kier molecular flexibility index (Phi) is 3.57. The lowest BCUT2D eigenvalue weighted by atomic mass is 9.81. The SMILES string of the molecule is NC[C@@H]1c2ccccc2Oc2ccc(Cl)cc2C1C(=O)O. The van der Waals surface area contributed by atoms with Gasteiger partial charge in [0.2, 0.25) is 0 Å². The number of nitrogens with two attached hydrogens (primary N) is 1. The number of rotatable bonds is 2. The van der Waals surface area contributed by atoms with Crippen LogP contribution in [0.3, 0.4) is 0 Å². The second-order valence-electron chi connectivity index (χ2n) is 4.98. The second kappa shape index (κ2) is 5.39. The Morgan fingerprint density at radius 2 is 1.90 bits per heavy atom. The maximum atomic E-state index is 11.8. The molecule has 0 aliphatic carbocycles. The number of hydrogen-bond acceptors (Lipinski definition) is 3. The molecule has 108 valence electrons. The van der Waals surface area contributed by atoms with E-state index in [-0.39, 0.29) is 12.5 Å². The topological polar surface area (TPSA) is 72.5 Å². The highest BCUT2D eigenvalue weighted by Gasteiger charge is 2.36. The third kappa shape index (κ3) is 2.37. The summed E-state index contributed by atoms with van der Waals surface area (Å²) < 4.78 is 5.89. The zero-order valence-corrected chi connectivity index (χ0v) is 11.9.